The Balaban J connectivity index is 1.43. The molecule has 6 aromatic rings. The second kappa shape index (κ2) is 11.8. The average molecular weight is 708 g/mol. The molecule has 0 spiro atoms. The number of hydrogen-bond donors (Lipinski definition) is 0. The van der Waals surface area contributed by atoms with Crippen LogP contribution in [0.5, 0.6) is 11.5 Å². The van der Waals surface area contributed by atoms with Gasteiger partial charge in [-0.05, 0) is 70.9 Å². The Hall–Kier alpha value is -3.92. The lowest BCUT2D eigenvalue weighted by Gasteiger charge is -2.15. The van der Waals surface area contributed by atoms with Crippen molar-refractivity contribution < 1.29 is 13.9 Å². The Morgan fingerprint density at radius 2 is 1.88 bits per heavy atom. The van der Waals surface area contributed by atoms with Gasteiger partial charge >= 0.3 is 0 Å². The van der Waals surface area contributed by atoms with Crippen LogP contribution in [0.1, 0.15) is 16.7 Å². The standard InChI is InChI=1S/C32H22Br2ClN3O4/c1-18-6-5-7-19(12-18)17-41-30-26(40-2)15-21(28(34)29(30)35)16-36-38-31(37-24-9-4-3-8-23(24)32(38)39)27-14-20-13-22(33)10-11-25(20)42-27/h3-16H,17H2,1-2H3. The van der Waals surface area contributed by atoms with E-state index >= 15 is 0 Å². The highest BCUT2D eigenvalue weighted by molar-refractivity contribution is 9.10. The van der Waals surface area contributed by atoms with Crippen LogP contribution in [-0.4, -0.2) is 23.0 Å². The molecule has 0 amide bonds. The first-order chi connectivity index (χ1) is 20.3. The smallest absolute Gasteiger partial charge is 0.282 e. The van der Waals surface area contributed by atoms with Gasteiger partial charge in [0.1, 0.15) is 17.2 Å². The first-order valence-corrected chi connectivity index (χ1v) is 14.8. The van der Waals surface area contributed by atoms with Gasteiger partial charge in [-0.3, -0.25) is 4.79 Å². The minimum absolute atomic E-state index is 0.259. The molecule has 0 atom stereocenters. The van der Waals surface area contributed by atoms with Gasteiger partial charge in [0.25, 0.3) is 5.56 Å². The van der Waals surface area contributed by atoms with Crippen molar-refractivity contribution in [3.63, 3.8) is 0 Å². The fourth-order valence-electron chi connectivity index (χ4n) is 4.58. The van der Waals surface area contributed by atoms with Crippen LogP contribution >= 0.6 is 43.5 Å². The lowest BCUT2D eigenvalue weighted by atomic mass is 10.1. The van der Waals surface area contributed by atoms with Crippen molar-refractivity contribution in [3.05, 3.63) is 120 Å². The van der Waals surface area contributed by atoms with E-state index in [0.29, 0.717) is 55.4 Å². The monoisotopic (exact) mass is 705 g/mol. The minimum atomic E-state index is -0.347. The second-order valence-electron chi connectivity index (χ2n) is 9.51. The number of hydrogen-bond acceptors (Lipinski definition) is 6. The van der Waals surface area contributed by atoms with Crippen molar-refractivity contribution in [2.24, 2.45) is 5.10 Å². The van der Waals surface area contributed by atoms with E-state index < -0.39 is 0 Å². The van der Waals surface area contributed by atoms with Crippen LogP contribution in [0.15, 0.2) is 102 Å². The van der Waals surface area contributed by atoms with Gasteiger partial charge in [-0.15, -0.1) is 0 Å². The van der Waals surface area contributed by atoms with Gasteiger partial charge in [-0.2, -0.15) is 9.78 Å². The number of aryl methyl sites for hydroxylation is 1. The molecule has 10 heteroatoms. The third-order valence-corrected chi connectivity index (χ3v) is 8.54. The van der Waals surface area contributed by atoms with E-state index in [1.165, 1.54) is 18.0 Å². The lowest BCUT2D eigenvalue weighted by molar-refractivity contribution is 0.284. The van der Waals surface area contributed by atoms with E-state index in [1.807, 2.05) is 61.5 Å². The van der Waals surface area contributed by atoms with E-state index in [9.17, 15) is 4.79 Å². The van der Waals surface area contributed by atoms with Crippen molar-refractivity contribution in [1.29, 1.82) is 0 Å². The Kier molecular flexibility index (Phi) is 7.90. The highest BCUT2D eigenvalue weighted by atomic mass is 79.9. The number of nitrogens with zero attached hydrogens (tertiary/aromatic N) is 3. The normalized spacial score (nSPS) is 11.5. The summed E-state index contributed by atoms with van der Waals surface area (Å²) >= 11 is 13.8. The van der Waals surface area contributed by atoms with Gasteiger partial charge in [0, 0.05) is 19.9 Å². The third kappa shape index (κ3) is 5.47. The fraction of sp³-hybridized carbons (Fsp3) is 0.0938. The summed E-state index contributed by atoms with van der Waals surface area (Å²) in [6, 6.07) is 24.4. The molecule has 7 nitrogen and oxygen atoms in total. The first-order valence-electron chi connectivity index (χ1n) is 12.8. The first kappa shape index (κ1) is 28.2. The highest BCUT2D eigenvalue weighted by Gasteiger charge is 2.19. The van der Waals surface area contributed by atoms with Gasteiger partial charge in [0.15, 0.2) is 17.3 Å². The Labute approximate surface area is 262 Å². The molecular weight excluding hydrogens is 686 g/mol. The van der Waals surface area contributed by atoms with Crippen molar-refractivity contribution in [2.45, 2.75) is 13.5 Å². The second-order valence-corrected chi connectivity index (χ2v) is 11.6. The zero-order chi connectivity index (χ0) is 29.4. The summed E-state index contributed by atoms with van der Waals surface area (Å²) in [5, 5.41) is 6.16. The molecule has 0 unspecified atom stereocenters. The molecule has 0 saturated carbocycles. The van der Waals surface area contributed by atoms with Gasteiger partial charge in [-0.25, -0.2) is 4.98 Å². The molecular formula is C32H22Br2ClN3O4. The highest BCUT2D eigenvalue weighted by Crippen LogP contribution is 2.42. The lowest BCUT2D eigenvalue weighted by Crippen LogP contribution is -2.20. The number of para-hydroxylation sites is 1. The van der Waals surface area contributed by atoms with Crippen molar-refractivity contribution in [3.8, 4) is 23.1 Å². The van der Waals surface area contributed by atoms with Crippen molar-refractivity contribution >= 4 is 71.5 Å². The van der Waals surface area contributed by atoms with E-state index in [2.05, 4.69) is 37.0 Å². The zero-order valence-corrected chi connectivity index (χ0v) is 26.3. The predicted molar refractivity (Wildman–Crippen MR) is 173 cm³/mol. The predicted octanol–water partition coefficient (Wildman–Crippen LogP) is 8.77. The third-order valence-electron chi connectivity index (χ3n) is 6.61. The SMILES string of the molecule is COc1cc(C=Nn2c(-c3cc4cc(Br)ccc4o3)nc3ccccc3c2=O)c(Br)c(Cl)c1OCc1cccc(C)c1. The average Bonchev–Trinajstić information content (AvgIpc) is 3.41. The summed E-state index contributed by atoms with van der Waals surface area (Å²) in [5.74, 6) is 1.47. The number of benzene rings is 4. The quantitative estimate of drug-likeness (QED) is 0.155. The van der Waals surface area contributed by atoms with Crippen molar-refractivity contribution in [1.82, 2.24) is 9.66 Å². The van der Waals surface area contributed by atoms with E-state index in [4.69, 9.17) is 30.5 Å². The summed E-state index contributed by atoms with van der Waals surface area (Å²) in [6.07, 6.45) is 1.52. The number of aromatic nitrogens is 2. The van der Waals surface area contributed by atoms with Crippen LogP contribution in [0, 0.1) is 6.92 Å². The van der Waals surface area contributed by atoms with Gasteiger partial charge in [-0.1, -0.05) is 69.5 Å². The molecule has 0 aliphatic heterocycles. The van der Waals surface area contributed by atoms with E-state index in [0.717, 1.165) is 21.0 Å². The maximum absolute atomic E-state index is 13.7. The summed E-state index contributed by atoms with van der Waals surface area (Å²) in [6.45, 7) is 2.34. The summed E-state index contributed by atoms with van der Waals surface area (Å²) in [5.41, 5.74) is 3.55. The maximum atomic E-state index is 13.7. The van der Waals surface area contributed by atoms with Crippen LogP contribution in [0.25, 0.3) is 33.5 Å². The maximum Gasteiger partial charge on any atom is 0.282 e. The van der Waals surface area contributed by atoms with Crippen LogP contribution in [0.4, 0.5) is 0 Å². The number of fused-ring (bicyclic) bond motifs is 2. The summed E-state index contributed by atoms with van der Waals surface area (Å²) < 4.78 is 20.4. The summed E-state index contributed by atoms with van der Waals surface area (Å²) in [7, 11) is 1.54. The Bertz CT molecular complexity index is 2070. The fourth-order valence-corrected chi connectivity index (χ4v) is 5.61. The van der Waals surface area contributed by atoms with Crippen molar-refractivity contribution in [2.75, 3.05) is 7.11 Å². The number of furan rings is 1. The topological polar surface area (TPSA) is 78.9 Å². The van der Waals surface area contributed by atoms with Gasteiger partial charge in [0.05, 0.1) is 24.2 Å². The van der Waals surface area contributed by atoms with E-state index in [-0.39, 0.29) is 11.4 Å². The number of ether oxygens (including phenoxy) is 2. The van der Waals surface area contributed by atoms with Gasteiger partial charge < -0.3 is 13.9 Å². The number of methoxy groups -OCH3 is 1. The molecule has 6 rings (SSSR count). The van der Waals surface area contributed by atoms with Crippen LogP contribution in [-0.2, 0) is 6.61 Å². The molecule has 0 aliphatic carbocycles. The molecule has 42 heavy (non-hydrogen) atoms. The molecule has 0 fully saturated rings. The zero-order valence-electron chi connectivity index (χ0n) is 22.4. The number of rotatable bonds is 7. The van der Waals surface area contributed by atoms with Crippen LogP contribution < -0.4 is 15.0 Å². The van der Waals surface area contributed by atoms with E-state index in [1.54, 1.807) is 24.3 Å². The molecule has 2 aromatic heterocycles. The molecule has 0 radical (unpaired) electrons. The van der Waals surface area contributed by atoms with Gasteiger partial charge in [0.2, 0.25) is 5.82 Å². The Morgan fingerprint density at radius 3 is 2.69 bits per heavy atom. The largest absolute Gasteiger partial charge is 0.493 e. The molecule has 0 N–H and O–H groups in total. The summed E-state index contributed by atoms with van der Waals surface area (Å²) in [4.78, 5) is 18.4. The molecule has 210 valence electrons. The minimum Gasteiger partial charge on any atom is -0.493 e. The number of halogens is 3. The Morgan fingerprint density at radius 1 is 1.05 bits per heavy atom. The molecule has 4 aromatic carbocycles. The molecule has 0 bridgehead atoms. The van der Waals surface area contributed by atoms with Crippen LogP contribution in [0.2, 0.25) is 5.02 Å². The molecule has 2 heterocycles. The molecule has 0 aliphatic rings. The van der Waals surface area contributed by atoms with Crippen LogP contribution in [0.3, 0.4) is 0 Å². The molecule has 0 saturated heterocycles.